The van der Waals surface area contributed by atoms with Gasteiger partial charge in [0.15, 0.2) is 0 Å². The Morgan fingerprint density at radius 1 is 0.971 bits per heavy atom. The molecule has 0 spiro atoms. The Kier molecular flexibility index (Phi) is 7.04. The number of hydrogen-bond donors (Lipinski definition) is 2. The van der Waals surface area contributed by atoms with Gasteiger partial charge in [-0.05, 0) is 73.2 Å². The minimum atomic E-state index is -3.83. The molecule has 9 heteroatoms. The van der Waals surface area contributed by atoms with Crippen LogP contribution in [0.15, 0.2) is 71.6 Å². The van der Waals surface area contributed by atoms with Crippen molar-refractivity contribution in [1.29, 1.82) is 0 Å². The summed E-state index contributed by atoms with van der Waals surface area (Å²) in [6, 6.07) is 18.6. The third-order valence-corrected chi connectivity index (χ3v) is 6.91. The number of morpholine rings is 1. The number of amides is 1. The van der Waals surface area contributed by atoms with Crippen LogP contribution in [-0.2, 0) is 14.8 Å². The summed E-state index contributed by atoms with van der Waals surface area (Å²) in [6.07, 6.45) is 0. The molecular weight excluding hydrogens is 454 g/mol. The molecule has 0 aliphatic carbocycles. The summed E-state index contributed by atoms with van der Waals surface area (Å²) in [5, 5.41) is 2.80. The van der Waals surface area contributed by atoms with Crippen LogP contribution in [0.4, 0.5) is 17.1 Å². The van der Waals surface area contributed by atoms with E-state index >= 15 is 0 Å². The van der Waals surface area contributed by atoms with E-state index in [4.69, 9.17) is 9.47 Å². The summed E-state index contributed by atoms with van der Waals surface area (Å²) in [6.45, 7) is 4.91. The van der Waals surface area contributed by atoms with Gasteiger partial charge in [0.25, 0.3) is 15.9 Å². The fourth-order valence-corrected chi connectivity index (χ4v) is 4.73. The Balaban J connectivity index is 1.42. The van der Waals surface area contributed by atoms with Crippen molar-refractivity contribution in [2.75, 3.05) is 48.4 Å². The van der Waals surface area contributed by atoms with E-state index in [-0.39, 0.29) is 10.8 Å². The molecule has 1 aliphatic heterocycles. The number of anilines is 3. The highest BCUT2D eigenvalue weighted by molar-refractivity contribution is 7.92. The lowest BCUT2D eigenvalue weighted by Crippen LogP contribution is -2.36. The van der Waals surface area contributed by atoms with Crippen molar-refractivity contribution >= 4 is 33.0 Å². The number of ether oxygens (including phenoxy) is 2. The van der Waals surface area contributed by atoms with E-state index in [1.165, 1.54) is 19.2 Å². The second kappa shape index (κ2) is 10.1. The monoisotopic (exact) mass is 481 g/mol. The third kappa shape index (κ3) is 5.49. The molecule has 0 saturated carbocycles. The minimum absolute atomic E-state index is 0.0731. The van der Waals surface area contributed by atoms with Crippen LogP contribution in [0.2, 0.25) is 0 Å². The first kappa shape index (κ1) is 23.6. The van der Waals surface area contributed by atoms with Gasteiger partial charge >= 0.3 is 0 Å². The number of carbonyl (C=O) groups is 1. The minimum Gasteiger partial charge on any atom is -0.495 e. The largest absolute Gasteiger partial charge is 0.495 e. The second-order valence-electron chi connectivity index (χ2n) is 7.93. The Labute approximate surface area is 199 Å². The maximum absolute atomic E-state index is 12.8. The van der Waals surface area contributed by atoms with Gasteiger partial charge in [-0.2, -0.15) is 0 Å². The zero-order chi connectivity index (χ0) is 24.1. The fraction of sp³-hybridized carbons (Fsp3) is 0.240. The molecule has 0 aromatic heterocycles. The number of nitrogens with one attached hydrogen (secondary N) is 2. The third-order valence-electron chi connectivity index (χ3n) is 5.53. The van der Waals surface area contributed by atoms with Gasteiger partial charge in [-0.1, -0.05) is 6.07 Å². The molecular formula is C25H27N3O5S. The van der Waals surface area contributed by atoms with Gasteiger partial charge in [-0.3, -0.25) is 9.52 Å². The number of hydrogen-bond acceptors (Lipinski definition) is 6. The van der Waals surface area contributed by atoms with Gasteiger partial charge in [0.1, 0.15) is 5.75 Å². The number of methoxy groups -OCH3 is 1. The normalized spacial score (nSPS) is 13.9. The molecule has 1 heterocycles. The lowest BCUT2D eigenvalue weighted by atomic mass is 10.1. The Hall–Kier alpha value is -3.56. The molecule has 178 valence electrons. The van der Waals surface area contributed by atoms with Crippen LogP contribution in [0, 0.1) is 6.92 Å². The number of benzene rings is 3. The molecule has 1 aliphatic rings. The van der Waals surface area contributed by atoms with Crippen molar-refractivity contribution in [3.63, 3.8) is 0 Å². The van der Waals surface area contributed by atoms with Gasteiger partial charge in [0.2, 0.25) is 0 Å². The predicted molar refractivity (Wildman–Crippen MR) is 132 cm³/mol. The molecule has 3 aromatic carbocycles. The van der Waals surface area contributed by atoms with Gasteiger partial charge in [-0.25, -0.2) is 8.42 Å². The SMILES string of the molecule is COc1ccc(C)cc1NS(=O)(=O)c1ccc(NC(=O)c2ccc(N3CCOCC3)cc2)cc1. The Bertz CT molecular complexity index is 1250. The molecule has 1 fully saturated rings. The maximum Gasteiger partial charge on any atom is 0.262 e. The average Bonchev–Trinajstić information content (AvgIpc) is 2.85. The lowest BCUT2D eigenvalue weighted by Gasteiger charge is -2.28. The fourth-order valence-electron chi connectivity index (χ4n) is 3.67. The first-order valence-corrected chi connectivity index (χ1v) is 12.4. The Morgan fingerprint density at radius 3 is 2.29 bits per heavy atom. The van der Waals surface area contributed by atoms with Crippen LogP contribution >= 0.6 is 0 Å². The van der Waals surface area contributed by atoms with Gasteiger partial charge in [0.05, 0.1) is 30.9 Å². The number of sulfonamides is 1. The van der Waals surface area contributed by atoms with Crippen LogP contribution in [-0.4, -0.2) is 47.7 Å². The van der Waals surface area contributed by atoms with E-state index in [1.54, 1.807) is 36.4 Å². The zero-order valence-corrected chi connectivity index (χ0v) is 19.9. The maximum atomic E-state index is 12.8. The lowest BCUT2D eigenvalue weighted by molar-refractivity contribution is 0.102. The van der Waals surface area contributed by atoms with Crippen LogP contribution < -0.4 is 19.7 Å². The highest BCUT2D eigenvalue weighted by Gasteiger charge is 2.17. The molecule has 3 aromatic rings. The quantitative estimate of drug-likeness (QED) is 0.531. The van der Waals surface area contributed by atoms with Crippen LogP contribution in [0.1, 0.15) is 15.9 Å². The molecule has 1 saturated heterocycles. The number of rotatable bonds is 7. The van der Waals surface area contributed by atoms with E-state index in [0.717, 1.165) is 24.3 Å². The zero-order valence-electron chi connectivity index (χ0n) is 19.1. The summed E-state index contributed by atoms with van der Waals surface area (Å²) in [7, 11) is -2.35. The van der Waals surface area contributed by atoms with Crippen LogP contribution in [0.3, 0.4) is 0 Å². The molecule has 0 bridgehead atoms. The van der Waals surface area contributed by atoms with Crippen molar-refractivity contribution < 1.29 is 22.7 Å². The van der Waals surface area contributed by atoms with Gasteiger partial charge < -0.3 is 19.7 Å². The van der Waals surface area contributed by atoms with Crippen molar-refractivity contribution in [1.82, 2.24) is 0 Å². The topological polar surface area (TPSA) is 97.0 Å². The van der Waals surface area contributed by atoms with Crippen molar-refractivity contribution in [3.8, 4) is 5.75 Å². The van der Waals surface area contributed by atoms with Crippen molar-refractivity contribution in [2.45, 2.75) is 11.8 Å². The van der Waals surface area contributed by atoms with E-state index in [9.17, 15) is 13.2 Å². The number of nitrogens with zero attached hydrogens (tertiary/aromatic N) is 1. The van der Waals surface area contributed by atoms with Crippen molar-refractivity contribution in [3.05, 3.63) is 77.9 Å². The van der Waals surface area contributed by atoms with E-state index in [2.05, 4.69) is 14.9 Å². The average molecular weight is 482 g/mol. The molecule has 1 amide bonds. The summed E-state index contributed by atoms with van der Waals surface area (Å²) < 4.78 is 38.8. The van der Waals surface area contributed by atoms with Crippen LogP contribution in [0.25, 0.3) is 0 Å². The van der Waals surface area contributed by atoms with E-state index in [1.807, 2.05) is 25.1 Å². The first-order chi connectivity index (χ1) is 16.4. The summed E-state index contributed by atoms with van der Waals surface area (Å²) >= 11 is 0. The van der Waals surface area contributed by atoms with Gasteiger partial charge in [-0.15, -0.1) is 0 Å². The first-order valence-electron chi connectivity index (χ1n) is 10.9. The summed E-state index contributed by atoms with van der Waals surface area (Å²) in [5.74, 6) is 0.157. The highest BCUT2D eigenvalue weighted by Crippen LogP contribution is 2.28. The Morgan fingerprint density at radius 2 is 1.65 bits per heavy atom. The highest BCUT2D eigenvalue weighted by atomic mass is 32.2. The molecule has 34 heavy (non-hydrogen) atoms. The summed E-state index contributed by atoms with van der Waals surface area (Å²) in [4.78, 5) is 14.9. The molecule has 8 nitrogen and oxygen atoms in total. The molecule has 0 atom stereocenters. The van der Waals surface area contributed by atoms with Gasteiger partial charge in [0, 0.05) is 30.0 Å². The number of aryl methyl sites for hydroxylation is 1. The molecule has 2 N–H and O–H groups in total. The molecule has 0 radical (unpaired) electrons. The summed E-state index contributed by atoms with van der Waals surface area (Å²) in [5.41, 5.74) is 3.32. The smallest absolute Gasteiger partial charge is 0.262 e. The van der Waals surface area contributed by atoms with Crippen LogP contribution in [0.5, 0.6) is 5.75 Å². The van der Waals surface area contributed by atoms with Crippen molar-refractivity contribution in [2.24, 2.45) is 0 Å². The molecule has 0 unspecified atom stereocenters. The standard InChI is InChI=1S/C25H27N3O5S/c1-18-3-12-24(32-2)23(17-18)27-34(30,31)22-10-6-20(7-11-22)26-25(29)19-4-8-21(9-5-19)28-13-15-33-16-14-28/h3-12,17,27H,13-16H2,1-2H3,(H,26,29). The predicted octanol–water partition coefficient (Wildman–Crippen LogP) is 3.89. The number of carbonyl (C=O) groups excluding carboxylic acids is 1. The van der Waals surface area contributed by atoms with E-state index < -0.39 is 10.0 Å². The molecule has 4 rings (SSSR count). The second-order valence-corrected chi connectivity index (χ2v) is 9.62. The van der Waals surface area contributed by atoms with E-state index in [0.29, 0.717) is 35.9 Å².